The number of aliphatic carboxylic acids is 1. The maximum atomic E-state index is 11.2. The molecule has 1 aliphatic heterocycles. The normalized spacial score (nSPS) is 27.0. The van der Waals surface area contributed by atoms with Gasteiger partial charge in [0.05, 0.1) is 0 Å². The van der Waals surface area contributed by atoms with Crippen LogP contribution in [0, 0.1) is 0 Å². The molecule has 1 N–H and O–H groups in total. The Morgan fingerprint density at radius 1 is 1.73 bits per heavy atom. The van der Waals surface area contributed by atoms with Crippen molar-refractivity contribution in [2.45, 2.75) is 31.8 Å². The summed E-state index contributed by atoms with van der Waals surface area (Å²) in [4.78, 5) is 13.3. The average molecular weight is 225 g/mol. The lowest BCUT2D eigenvalue weighted by molar-refractivity contribution is -0.148. The minimum absolute atomic E-state index is 0.665. The summed E-state index contributed by atoms with van der Waals surface area (Å²) in [5.74, 6) is -0.699. The zero-order valence-electron chi connectivity index (χ0n) is 8.77. The number of carboxylic acid groups (broad SMARTS) is 1. The first-order valence-electron chi connectivity index (χ1n) is 5.12. The molecule has 1 fully saturated rings. The number of hydrogen-bond donors (Lipinski definition) is 1. The van der Waals surface area contributed by atoms with Gasteiger partial charge >= 0.3 is 5.97 Å². The van der Waals surface area contributed by atoms with Crippen molar-refractivity contribution >= 4 is 17.3 Å². The van der Waals surface area contributed by atoms with E-state index in [1.54, 1.807) is 11.3 Å². The van der Waals surface area contributed by atoms with E-state index >= 15 is 0 Å². The molecule has 1 unspecified atom stereocenters. The first-order chi connectivity index (χ1) is 7.13. The smallest absolute Gasteiger partial charge is 0.323 e. The van der Waals surface area contributed by atoms with Gasteiger partial charge in [0.2, 0.25) is 0 Å². The molecule has 0 amide bonds. The van der Waals surface area contributed by atoms with Crippen LogP contribution in [0.4, 0.5) is 0 Å². The van der Waals surface area contributed by atoms with E-state index in [0.29, 0.717) is 0 Å². The van der Waals surface area contributed by atoms with Crippen LogP contribution in [0.2, 0.25) is 0 Å². The van der Waals surface area contributed by atoms with Crippen molar-refractivity contribution in [2.75, 3.05) is 6.54 Å². The fourth-order valence-corrected chi connectivity index (χ4v) is 2.78. The van der Waals surface area contributed by atoms with Crippen molar-refractivity contribution in [1.29, 1.82) is 0 Å². The van der Waals surface area contributed by atoms with Crippen LogP contribution in [0.15, 0.2) is 16.8 Å². The average Bonchev–Trinajstić information content (AvgIpc) is 2.78. The Bertz CT molecular complexity index is 349. The van der Waals surface area contributed by atoms with Crippen molar-refractivity contribution in [3.63, 3.8) is 0 Å². The summed E-state index contributed by atoms with van der Waals surface area (Å²) in [6, 6.07) is 2.06. The van der Waals surface area contributed by atoms with Crippen LogP contribution >= 0.6 is 11.3 Å². The second kappa shape index (κ2) is 3.94. The maximum absolute atomic E-state index is 11.2. The predicted octanol–water partition coefficient (Wildman–Crippen LogP) is 2.19. The van der Waals surface area contributed by atoms with Crippen molar-refractivity contribution in [2.24, 2.45) is 0 Å². The number of likely N-dealkylation sites (tertiary alicyclic amines) is 1. The van der Waals surface area contributed by atoms with E-state index in [2.05, 4.69) is 16.3 Å². The summed E-state index contributed by atoms with van der Waals surface area (Å²) in [5, 5.41) is 13.3. The highest BCUT2D eigenvalue weighted by molar-refractivity contribution is 7.07. The Labute approximate surface area is 93.3 Å². The molecular formula is C11H15NO2S. The monoisotopic (exact) mass is 225 g/mol. The SMILES string of the molecule is CC1(C(=O)O)CCCN1Cc1ccsc1. The zero-order valence-corrected chi connectivity index (χ0v) is 9.59. The number of nitrogens with zero attached hydrogens (tertiary/aromatic N) is 1. The van der Waals surface area contributed by atoms with E-state index in [9.17, 15) is 9.90 Å². The van der Waals surface area contributed by atoms with Gasteiger partial charge in [0.25, 0.3) is 0 Å². The van der Waals surface area contributed by atoms with Crippen LogP contribution < -0.4 is 0 Å². The van der Waals surface area contributed by atoms with Crippen LogP contribution in [0.3, 0.4) is 0 Å². The van der Waals surface area contributed by atoms with Crippen LogP contribution in [-0.4, -0.2) is 28.1 Å². The standard InChI is InChI=1S/C11H15NO2S/c1-11(10(13)14)4-2-5-12(11)7-9-3-6-15-8-9/h3,6,8H,2,4-5,7H2,1H3,(H,13,14). The van der Waals surface area contributed by atoms with Crippen molar-refractivity contribution < 1.29 is 9.90 Å². The Hall–Kier alpha value is -0.870. The third-order valence-electron chi connectivity index (χ3n) is 3.20. The Balaban J connectivity index is 2.12. The Kier molecular flexibility index (Phi) is 2.80. The number of hydrogen-bond acceptors (Lipinski definition) is 3. The second-order valence-corrected chi connectivity index (χ2v) is 5.02. The third kappa shape index (κ3) is 1.92. The maximum Gasteiger partial charge on any atom is 0.323 e. The molecule has 0 radical (unpaired) electrons. The van der Waals surface area contributed by atoms with Crippen LogP contribution in [0.5, 0.6) is 0 Å². The molecule has 2 rings (SSSR count). The van der Waals surface area contributed by atoms with Gasteiger partial charge in [-0.15, -0.1) is 0 Å². The quantitative estimate of drug-likeness (QED) is 0.857. The number of carboxylic acids is 1. The van der Waals surface area contributed by atoms with Crippen LogP contribution in [-0.2, 0) is 11.3 Å². The van der Waals surface area contributed by atoms with Gasteiger partial charge in [-0.05, 0) is 48.7 Å². The summed E-state index contributed by atoms with van der Waals surface area (Å²) >= 11 is 1.66. The molecule has 1 aromatic heterocycles. The minimum atomic E-state index is -0.699. The molecule has 0 aliphatic carbocycles. The molecule has 0 spiro atoms. The molecule has 0 bridgehead atoms. The highest BCUT2D eigenvalue weighted by Gasteiger charge is 2.43. The number of carbonyl (C=O) groups is 1. The second-order valence-electron chi connectivity index (χ2n) is 4.24. The predicted molar refractivity (Wildman–Crippen MR) is 60.0 cm³/mol. The highest BCUT2D eigenvalue weighted by atomic mass is 32.1. The van der Waals surface area contributed by atoms with Crippen LogP contribution in [0.1, 0.15) is 25.3 Å². The highest BCUT2D eigenvalue weighted by Crippen LogP contribution is 2.30. The van der Waals surface area contributed by atoms with Gasteiger partial charge in [-0.2, -0.15) is 11.3 Å². The van der Waals surface area contributed by atoms with Gasteiger partial charge in [0, 0.05) is 6.54 Å². The first kappa shape index (κ1) is 10.6. The fourth-order valence-electron chi connectivity index (χ4n) is 2.12. The van der Waals surface area contributed by atoms with Crippen LogP contribution in [0.25, 0.3) is 0 Å². The van der Waals surface area contributed by atoms with E-state index in [-0.39, 0.29) is 0 Å². The Morgan fingerprint density at radius 2 is 2.53 bits per heavy atom. The van der Waals surface area contributed by atoms with Crippen molar-refractivity contribution in [1.82, 2.24) is 4.90 Å². The minimum Gasteiger partial charge on any atom is -0.480 e. The van der Waals surface area contributed by atoms with Crippen molar-refractivity contribution in [3.8, 4) is 0 Å². The topological polar surface area (TPSA) is 40.5 Å². The third-order valence-corrected chi connectivity index (χ3v) is 3.94. The van der Waals surface area contributed by atoms with E-state index in [4.69, 9.17) is 0 Å². The summed E-state index contributed by atoms with van der Waals surface area (Å²) in [6.45, 7) is 3.47. The summed E-state index contributed by atoms with van der Waals surface area (Å²) in [6.07, 6.45) is 1.74. The molecule has 1 atom stereocenters. The number of thiophene rings is 1. The lowest BCUT2D eigenvalue weighted by Crippen LogP contribution is -2.47. The fraction of sp³-hybridized carbons (Fsp3) is 0.545. The first-order valence-corrected chi connectivity index (χ1v) is 6.07. The van der Waals surface area contributed by atoms with Gasteiger partial charge in [0.15, 0.2) is 0 Å². The molecule has 0 saturated carbocycles. The molecule has 2 heterocycles. The molecule has 1 aromatic rings. The number of rotatable bonds is 3. The largest absolute Gasteiger partial charge is 0.480 e. The van der Waals surface area contributed by atoms with Gasteiger partial charge < -0.3 is 5.11 Å². The molecule has 4 heteroatoms. The van der Waals surface area contributed by atoms with E-state index < -0.39 is 11.5 Å². The molecule has 82 valence electrons. The lowest BCUT2D eigenvalue weighted by atomic mass is 9.99. The molecule has 0 aromatic carbocycles. The van der Waals surface area contributed by atoms with E-state index in [1.807, 2.05) is 12.3 Å². The molecule has 1 saturated heterocycles. The molecule has 3 nitrogen and oxygen atoms in total. The Morgan fingerprint density at radius 3 is 3.13 bits per heavy atom. The summed E-state index contributed by atoms with van der Waals surface area (Å²) in [7, 11) is 0. The van der Waals surface area contributed by atoms with Gasteiger partial charge in [0.1, 0.15) is 5.54 Å². The summed E-state index contributed by atoms with van der Waals surface area (Å²) < 4.78 is 0. The molecule has 1 aliphatic rings. The molecular weight excluding hydrogens is 210 g/mol. The van der Waals surface area contributed by atoms with E-state index in [0.717, 1.165) is 25.9 Å². The van der Waals surface area contributed by atoms with Crippen molar-refractivity contribution in [3.05, 3.63) is 22.4 Å². The zero-order chi connectivity index (χ0) is 10.9. The van der Waals surface area contributed by atoms with Gasteiger partial charge in [-0.25, -0.2) is 0 Å². The molecule has 15 heavy (non-hydrogen) atoms. The lowest BCUT2D eigenvalue weighted by Gasteiger charge is -2.30. The summed E-state index contributed by atoms with van der Waals surface area (Å²) in [5.41, 5.74) is 0.552. The van der Waals surface area contributed by atoms with E-state index in [1.165, 1.54) is 5.56 Å². The van der Waals surface area contributed by atoms with Gasteiger partial charge in [-0.1, -0.05) is 0 Å². The van der Waals surface area contributed by atoms with Gasteiger partial charge in [-0.3, -0.25) is 9.69 Å².